The van der Waals surface area contributed by atoms with Crippen LogP contribution in [0, 0.1) is 0 Å². The number of rotatable bonds is 1. The van der Waals surface area contributed by atoms with E-state index < -0.39 is 0 Å². The Morgan fingerprint density at radius 3 is 2.78 bits per heavy atom. The Morgan fingerprint density at radius 1 is 1.56 bits per heavy atom. The van der Waals surface area contributed by atoms with Crippen LogP contribution in [0.4, 0.5) is 5.82 Å². The summed E-state index contributed by atoms with van der Waals surface area (Å²) in [5.74, 6) is 0.841. The van der Waals surface area contributed by atoms with Crippen LogP contribution >= 0.6 is 11.6 Å². The van der Waals surface area contributed by atoms with Crippen LogP contribution in [0.15, 0.2) is 12.4 Å². The molecule has 4 heteroatoms. The van der Waals surface area contributed by atoms with Gasteiger partial charge in [0.25, 0.3) is 0 Å². The van der Waals surface area contributed by atoms with Crippen LogP contribution in [0.2, 0.25) is 0 Å². The summed E-state index contributed by atoms with van der Waals surface area (Å²) in [6.07, 6.45) is 1.40. The zero-order chi connectivity index (χ0) is 6.69. The van der Waals surface area contributed by atoms with Crippen molar-refractivity contribution in [1.29, 1.82) is 0 Å². The van der Waals surface area contributed by atoms with E-state index in [0.29, 0.717) is 11.7 Å². The molecule has 0 saturated heterocycles. The SMILES string of the molecule is Nc1cc(CCl)ncn1. The van der Waals surface area contributed by atoms with Crippen molar-refractivity contribution in [3.63, 3.8) is 0 Å². The van der Waals surface area contributed by atoms with E-state index in [0.717, 1.165) is 5.69 Å². The van der Waals surface area contributed by atoms with Gasteiger partial charge in [-0.25, -0.2) is 9.97 Å². The molecule has 1 aromatic rings. The third-order valence-electron chi connectivity index (χ3n) is 0.882. The summed E-state index contributed by atoms with van der Waals surface area (Å²) in [5, 5.41) is 0. The predicted octanol–water partition coefficient (Wildman–Crippen LogP) is 0.798. The first-order valence-corrected chi connectivity index (χ1v) is 2.98. The van der Waals surface area contributed by atoms with E-state index in [1.807, 2.05) is 0 Å². The molecule has 3 nitrogen and oxygen atoms in total. The lowest BCUT2D eigenvalue weighted by Gasteiger charge is -1.92. The lowest BCUT2D eigenvalue weighted by Crippen LogP contribution is -1.93. The predicted molar refractivity (Wildman–Crippen MR) is 36.0 cm³/mol. The molecule has 0 radical (unpaired) electrons. The molecule has 0 amide bonds. The maximum Gasteiger partial charge on any atom is 0.127 e. The Labute approximate surface area is 57.9 Å². The first kappa shape index (κ1) is 6.29. The van der Waals surface area contributed by atoms with Crippen LogP contribution in [-0.2, 0) is 5.88 Å². The van der Waals surface area contributed by atoms with Crippen molar-refractivity contribution in [2.45, 2.75) is 5.88 Å². The number of hydrogen-bond acceptors (Lipinski definition) is 3. The molecule has 0 aliphatic rings. The Bertz CT molecular complexity index is 201. The number of aromatic nitrogens is 2. The molecule has 0 spiro atoms. The maximum atomic E-state index is 5.45. The molecule has 1 heterocycles. The van der Waals surface area contributed by atoms with Crippen LogP contribution in [0.5, 0.6) is 0 Å². The van der Waals surface area contributed by atoms with Gasteiger partial charge in [0.2, 0.25) is 0 Å². The normalized spacial score (nSPS) is 9.44. The average molecular weight is 144 g/mol. The van der Waals surface area contributed by atoms with E-state index in [-0.39, 0.29) is 0 Å². The second-order valence-corrected chi connectivity index (χ2v) is 1.84. The van der Waals surface area contributed by atoms with Crippen molar-refractivity contribution in [3.05, 3.63) is 18.1 Å². The van der Waals surface area contributed by atoms with Gasteiger partial charge in [0.15, 0.2) is 0 Å². The minimum absolute atomic E-state index is 0.382. The third kappa shape index (κ3) is 1.54. The van der Waals surface area contributed by atoms with Crippen molar-refractivity contribution >= 4 is 17.4 Å². The second-order valence-electron chi connectivity index (χ2n) is 1.57. The lowest BCUT2D eigenvalue weighted by atomic mass is 10.4. The molecule has 0 fully saturated rings. The summed E-state index contributed by atoms with van der Waals surface area (Å²) >= 11 is 5.45. The highest BCUT2D eigenvalue weighted by Crippen LogP contribution is 2.00. The molecule has 0 aromatic carbocycles. The van der Waals surface area contributed by atoms with Gasteiger partial charge >= 0.3 is 0 Å². The van der Waals surface area contributed by atoms with Gasteiger partial charge < -0.3 is 5.73 Å². The molecule has 0 bridgehead atoms. The van der Waals surface area contributed by atoms with Crippen LogP contribution in [0.25, 0.3) is 0 Å². The van der Waals surface area contributed by atoms with Crippen LogP contribution in [0.1, 0.15) is 5.69 Å². The first-order chi connectivity index (χ1) is 4.33. The highest BCUT2D eigenvalue weighted by Gasteiger charge is 1.90. The van der Waals surface area contributed by atoms with E-state index in [4.69, 9.17) is 17.3 Å². The van der Waals surface area contributed by atoms with Gasteiger partial charge in [0.05, 0.1) is 11.6 Å². The number of halogens is 1. The molecule has 0 saturated carbocycles. The quantitative estimate of drug-likeness (QED) is 0.592. The van der Waals surface area contributed by atoms with Gasteiger partial charge in [-0.05, 0) is 0 Å². The lowest BCUT2D eigenvalue weighted by molar-refractivity contribution is 1.09. The fourth-order valence-corrected chi connectivity index (χ4v) is 0.634. The van der Waals surface area contributed by atoms with E-state index in [2.05, 4.69) is 9.97 Å². The van der Waals surface area contributed by atoms with Gasteiger partial charge in [0, 0.05) is 6.07 Å². The van der Waals surface area contributed by atoms with E-state index >= 15 is 0 Å². The van der Waals surface area contributed by atoms with Gasteiger partial charge in [-0.3, -0.25) is 0 Å². The summed E-state index contributed by atoms with van der Waals surface area (Å²) in [7, 11) is 0. The maximum absolute atomic E-state index is 5.45. The number of hydrogen-bond donors (Lipinski definition) is 1. The summed E-state index contributed by atoms with van der Waals surface area (Å²) in [6, 6.07) is 1.65. The molecule has 0 unspecified atom stereocenters. The Hall–Kier alpha value is -0.830. The van der Waals surface area contributed by atoms with Gasteiger partial charge in [-0.2, -0.15) is 0 Å². The monoisotopic (exact) mass is 143 g/mol. The molecule has 0 atom stereocenters. The number of nitrogens with two attached hydrogens (primary N) is 1. The zero-order valence-corrected chi connectivity index (χ0v) is 5.47. The van der Waals surface area contributed by atoms with Gasteiger partial charge in [0.1, 0.15) is 12.1 Å². The van der Waals surface area contributed by atoms with E-state index in [9.17, 15) is 0 Å². The molecular formula is C5H6ClN3. The molecule has 48 valence electrons. The van der Waals surface area contributed by atoms with Crippen LogP contribution in [0.3, 0.4) is 0 Å². The highest BCUT2D eigenvalue weighted by atomic mass is 35.5. The summed E-state index contributed by atoms with van der Waals surface area (Å²) < 4.78 is 0. The number of anilines is 1. The Morgan fingerprint density at radius 2 is 2.33 bits per heavy atom. The second kappa shape index (κ2) is 2.64. The van der Waals surface area contributed by atoms with Gasteiger partial charge in [-0.1, -0.05) is 0 Å². The summed E-state index contributed by atoms with van der Waals surface area (Å²) in [5.41, 5.74) is 6.08. The highest BCUT2D eigenvalue weighted by molar-refractivity contribution is 6.16. The minimum Gasteiger partial charge on any atom is -0.384 e. The molecule has 2 N–H and O–H groups in total. The van der Waals surface area contributed by atoms with Crippen LogP contribution < -0.4 is 5.73 Å². The molecule has 1 rings (SSSR count). The van der Waals surface area contributed by atoms with Gasteiger partial charge in [-0.15, -0.1) is 11.6 Å². The van der Waals surface area contributed by atoms with Crippen molar-refractivity contribution in [2.24, 2.45) is 0 Å². The molecular weight excluding hydrogens is 138 g/mol. The van der Waals surface area contributed by atoms with Crippen molar-refractivity contribution in [3.8, 4) is 0 Å². The zero-order valence-electron chi connectivity index (χ0n) is 4.71. The standard InChI is InChI=1S/C5H6ClN3/c6-2-4-1-5(7)9-3-8-4/h1,3H,2H2,(H2,7,8,9). The Balaban J connectivity index is 2.94. The number of nitrogen functional groups attached to an aromatic ring is 1. The Kier molecular flexibility index (Phi) is 1.85. The minimum atomic E-state index is 0.382. The molecule has 0 aliphatic carbocycles. The summed E-state index contributed by atoms with van der Waals surface area (Å²) in [6.45, 7) is 0. The fraction of sp³-hybridized carbons (Fsp3) is 0.200. The van der Waals surface area contributed by atoms with E-state index in [1.165, 1.54) is 6.33 Å². The number of alkyl halides is 1. The molecule has 1 aromatic heterocycles. The topological polar surface area (TPSA) is 51.8 Å². The number of nitrogens with zero attached hydrogens (tertiary/aromatic N) is 2. The average Bonchev–Trinajstić information content (AvgIpc) is 1.88. The third-order valence-corrected chi connectivity index (χ3v) is 1.16. The fourth-order valence-electron chi connectivity index (χ4n) is 0.488. The molecule has 9 heavy (non-hydrogen) atoms. The van der Waals surface area contributed by atoms with Crippen molar-refractivity contribution in [1.82, 2.24) is 9.97 Å². The first-order valence-electron chi connectivity index (χ1n) is 2.45. The van der Waals surface area contributed by atoms with Crippen LogP contribution in [-0.4, -0.2) is 9.97 Å². The largest absolute Gasteiger partial charge is 0.384 e. The smallest absolute Gasteiger partial charge is 0.127 e. The molecule has 0 aliphatic heterocycles. The van der Waals surface area contributed by atoms with Crippen molar-refractivity contribution < 1.29 is 0 Å². The van der Waals surface area contributed by atoms with Crippen molar-refractivity contribution in [2.75, 3.05) is 5.73 Å². The summed E-state index contributed by atoms with van der Waals surface area (Å²) in [4.78, 5) is 7.53. The van der Waals surface area contributed by atoms with E-state index in [1.54, 1.807) is 6.07 Å².